The zero-order valence-corrected chi connectivity index (χ0v) is 15.4. The lowest BCUT2D eigenvalue weighted by atomic mass is 9.98. The lowest BCUT2D eigenvalue weighted by Gasteiger charge is -2.26. The first-order valence-electron chi connectivity index (χ1n) is 7.28. The summed E-state index contributed by atoms with van der Waals surface area (Å²) in [5.41, 5.74) is 0.243. The molecule has 0 amide bonds. The molecule has 3 N–H and O–H groups in total. The zero-order valence-electron chi connectivity index (χ0n) is 13.1. The highest BCUT2D eigenvalue weighted by molar-refractivity contribution is 14.0. The Labute approximate surface area is 144 Å². The molecule has 0 spiro atoms. The second kappa shape index (κ2) is 10.8. The Morgan fingerprint density at radius 2 is 1.95 bits per heavy atom. The second-order valence-electron chi connectivity index (χ2n) is 4.80. The Balaban J connectivity index is 0.00000400. The summed E-state index contributed by atoms with van der Waals surface area (Å²) in [6.07, 6.45) is 3.20. The topological polar surface area (TPSA) is 69.5 Å². The average Bonchev–Trinajstić information content (AvgIpc) is 2.50. The SMILES string of the molecule is CCNC(=NCc1ccccn1)NCC(O)(CC)CC.I. The van der Waals surface area contributed by atoms with Gasteiger partial charge in [-0.1, -0.05) is 19.9 Å². The fourth-order valence-corrected chi connectivity index (χ4v) is 1.74. The number of pyridine rings is 1. The molecule has 0 saturated carbocycles. The number of aromatic nitrogens is 1. The van der Waals surface area contributed by atoms with Crippen molar-refractivity contribution in [1.82, 2.24) is 15.6 Å². The van der Waals surface area contributed by atoms with Gasteiger partial charge in [0.2, 0.25) is 0 Å². The van der Waals surface area contributed by atoms with Gasteiger partial charge in [-0.05, 0) is 31.9 Å². The molecule has 1 aromatic heterocycles. The Morgan fingerprint density at radius 3 is 2.48 bits per heavy atom. The molecular weight excluding hydrogens is 379 g/mol. The summed E-state index contributed by atoms with van der Waals surface area (Å²) in [4.78, 5) is 8.72. The minimum Gasteiger partial charge on any atom is -0.388 e. The number of nitrogens with zero attached hydrogens (tertiary/aromatic N) is 2. The molecule has 1 rings (SSSR count). The van der Waals surface area contributed by atoms with Gasteiger partial charge >= 0.3 is 0 Å². The first kappa shape index (κ1) is 20.1. The van der Waals surface area contributed by atoms with Crippen molar-refractivity contribution in [2.45, 2.75) is 45.8 Å². The minimum atomic E-state index is -0.679. The van der Waals surface area contributed by atoms with Gasteiger partial charge in [-0.15, -0.1) is 24.0 Å². The third kappa shape index (κ3) is 7.61. The van der Waals surface area contributed by atoms with Crippen LogP contribution in [0.1, 0.15) is 39.3 Å². The van der Waals surface area contributed by atoms with Crippen molar-refractivity contribution in [3.63, 3.8) is 0 Å². The third-order valence-corrected chi connectivity index (χ3v) is 3.37. The molecule has 0 aliphatic carbocycles. The average molecular weight is 406 g/mol. The normalized spacial score (nSPS) is 11.7. The van der Waals surface area contributed by atoms with E-state index in [1.165, 1.54) is 0 Å². The van der Waals surface area contributed by atoms with Gasteiger partial charge in [0.15, 0.2) is 5.96 Å². The number of nitrogens with one attached hydrogen (secondary N) is 2. The van der Waals surface area contributed by atoms with Gasteiger partial charge < -0.3 is 15.7 Å². The van der Waals surface area contributed by atoms with E-state index < -0.39 is 5.60 Å². The van der Waals surface area contributed by atoms with Crippen LogP contribution in [0, 0.1) is 0 Å². The van der Waals surface area contributed by atoms with Crippen LogP contribution in [0.3, 0.4) is 0 Å². The molecule has 1 heterocycles. The van der Waals surface area contributed by atoms with Crippen LogP contribution in [0.25, 0.3) is 0 Å². The molecule has 6 heteroatoms. The van der Waals surface area contributed by atoms with Crippen LogP contribution in [0.15, 0.2) is 29.4 Å². The zero-order chi connectivity index (χ0) is 14.8. The number of aliphatic hydroxyl groups is 1. The molecular formula is C15H27IN4O. The Kier molecular flexibility index (Phi) is 10.3. The number of guanidine groups is 1. The van der Waals surface area contributed by atoms with E-state index in [0.29, 0.717) is 19.0 Å². The highest BCUT2D eigenvalue weighted by atomic mass is 127. The van der Waals surface area contributed by atoms with Crippen LogP contribution < -0.4 is 10.6 Å². The fraction of sp³-hybridized carbons (Fsp3) is 0.600. The van der Waals surface area contributed by atoms with Crippen molar-refractivity contribution in [1.29, 1.82) is 0 Å². The molecule has 0 fully saturated rings. The molecule has 120 valence electrons. The molecule has 0 aliphatic heterocycles. The minimum absolute atomic E-state index is 0. The van der Waals surface area contributed by atoms with Gasteiger partial charge in [-0.3, -0.25) is 4.98 Å². The molecule has 0 unspecified atom stereocenters. The van der Waals surface area contributed by atoms with Crippen LogP contribution in [0.5, 0.6) is 0 Å². The molecule has 21 heavy (non-hydrogen) atoms. The van der Waals surface area contributed by atoms with E-state index in [4.69, 9.17) is 0 Å². The van der Waals surface area contributed by atoms with E-state index in [1.54, 1.807) is 6.20 Å². The predicted octanol–water partition coefficient (Wildman–Crippen LogP) is 2.31. The molecule has 0 atom stereocenters. The number of halogens is 1. The Morgan fingerprint density at radius 1 is 1.24 bits per heavy atom. The van der Waals surface area contributed by atoms with Crippen LogP contribution in [0.2, 0.25) is 0 Å². The van der Waals surface area contributed by atoms with Crippen LogP contribution in [-0.2, 0) is 6.54 Å². The highest BCUT2D eigenvalue weighted by Gasteiger charge is 2.22. The Bertz CT molecular complexity index is 407. The van der Waals surface area contributed by atoms with Crippen molar-refractivity contribution in [3.05, 3.63) is 30.1 Å². The van der Waals surface area contributed by atoms with E-state index in [-0.39, 0.29) is 24.0 Å². The Hall–Kier alpha value is -0.890. The molecule has 0 saturated heterocycles. The quantitative estimate of drug-likeness (QED) is 0.369. The van der Waals surface area contributed by atoms with Gasteiger partial charge in [-0.25, -0.2) is 4.99 Å². The van der Waals surface area contributed by atoms with Crippen LogP contribution in [0.4, 0.5) is 0 Å². The number of aliphatic imine (C=N–C) groups is 1. The van der Waals surface area contributed by atoms with Crippen molar-refractivity contribution in [3.8, 4) is 0 Å². The van der Waals surface area contributed by atoms with Crippen molar-refractivity contribution in [2.75, 3.05) is 13.1 Å². The van der Waals surface area contributed by atoms with E-state index >= 15 is 0 Å². The summed E-state index contributed by atoms with van der Waals surface area (Å²) in [5.74, 6) is 0.707. The molecule has 1 aromatic rings. The van der Waals surface area contributed by atoms with E-state index in [1.807, 2.05) is 39.0 Å². The number of rotatable bonds is 7. The van der Waals surface area contributed by atoms with Crippen molar-refractivity contribution < 1.29 is 5.11 Å². The van der Waals surface area contributed by atoms with E-state index in [2.05, 4.69) is 20.6 Å². The van der Waals surface area contributed by atoms with Crippen LogP contribution in [-0.4, -0.2) is 34.7 Å². The summed E-state index contributed by atoms with van der Waals surface area (Å²) in [5, 5.41) is 16.6. The lowest BCUT2D eigenvalue weighted by Crippen LogP contribution is -2.46. The predicted molar refractivity (Wildman–Crippen MR) is 98.0 cm³/mol. The van der Waals surface area contributed by atoms with Gasteiger partial charge in [0.1, 0.15) is 0 Å². The largest absolute Gasteiger partial charge is 0.388 e. The lowest BCUT2D eigenvalue weighted by molar-refractivity contribution is 0.0367. The van der Waals surface area contributed by atoms with Gasteiger partial charge in [0.25, 0.3) is 0 Å². The standard InChI is InChI=1S/C15H26N4O.HI/c1-4-15(20,5-2)12-19-14(16-6-3)18-11-13-9-7-8-10-17-13;/h7-10,20H,4-6,11-12H2,1-3H3,(H2,16,18,19);1H. The maximum atomic E-state index is 10.3. The third-order valence-electron chi connectivity index (χ3n) is 3.37. The molecule has 5 nitrogen and oxygen atoms in total. The highest BCUT2D eigenvalue weighted by Crippen LogP contribution is 2.12. The first-order chi connectivity index (χ1) is 9.63. The van der Waals surface area contributed by atoms with E-state index in [9.17, 15) is 5.11 Å². The van der Waals surface area contributed by atoms with E-state index in [0.717, 1.165) is 25.1 Å². The van der Waals surface area contributed by atoms with Gasteiger partial charge in [0.05, 0.1) is 17.8 Å². The van der Waals surface area contributed by atoms with Gasteiger partial charge in [-0.2, -0.15) is 0 Å². The number of hydrogen-bond donors (Lipinski definition) is 3. The molecule has 0 radical (unpaired) electrons. The summed E-state index contributed by atoms with van der Waals surface area (Å²) in [6, 6.07) is 5.78. The van der Waals surface area contributed by atoms with Crippen molar-refractivity contribution in [2.24, 2.45) is 4.99 Å². The maximum absolute atomic E-state index is 10.3. The second-order valence-corrected chi connectivity index (χ2v) is 4.80. The fourth-order valence-electron chi connectivity index (χ4n) is 1.74. The number of hydrogen-bond acceptors (Lipinski definition) is 3. The summed E-state index contributed by atoms with van der Waals surface area (Å²) in [7, 11) is 0. The molecule has 0 aliphatic rings. The van der Waals surface area contributed by atoms with Gasteiger partial charge in [0, 0.05) is 19.3 Å². The van der Waals surface area contributed by atoms with Crippen LogP contribution >= 0.6 is 24.0 Å². The summed E-state index contributed by atoms with van der Waals surface area (Å²) < 4.78 is 0. The first-order valence-corrected chi connectivity index (χ1v) is 7.28. The maximum Gasteiger partial charge on any atom is 0.191 e. The van der Waals surface area contributed by atoms with Crippen molar-refractivity contribution >= 4 is 29.9 Å². The smallest absolute Gasteiger partial charge is 0.191 e. The monoisotopic (exact) mass is 406 g/mol. The summed E-state index contributed by atoms with van der Waals surface area (Å²) >= 11 is 0. The molecule has 0 aromatic carbocycles. The molecule has 0 bridgehead atoms. The summed E-state index contributed by atoms with van der Waals surface area (Å²) in [6.45, 7) is 7.79.